The zero-order valence-corrected chi connectivity index (χ0v) is 18.9. The summed E-state index contributed by atoms with van der Waals surface area (Å²) < 4.78 is 25.6. The van der Waals surface area contributed by atoms with E-state index in [-0.39, 0.29) is 11.9 Å². The van der Waals surface area contributed by atoms with Crippen LogP contribution in [0, 0.1) is 12.7 Å². The maximum atomic E-state index is 14.0. The lowest BCUT2D eigenvalue weighted by Gasteiger charge is -2.18. The molecule has 7 heteroatoms. The van der Waals surface area contributed by atoms with E-state index in [0.717, 1.165) is 35.5 Å². The van der Waals surface area contributed by atoms with Crippen molar-refractivity contribution >= 4 is 5.96 Å². The third kappa shape index (κ3) is 6.94. The summed E-state index contributed by atoms with van der Waals surface area (Å²) in [6, 6.07) is 11.4. The van der Waals surface area contributed by atoms with Crippen LogP contribution in [0.25, 0.3) is 0 Å². The molecule has 1 heterocycles. The monoisotopic (exact) mass is 428 g/mol. The summed E-state index contributed by atoms with van der Waals surface area (Å²) in [4.78, 5) is 6.26. The van der Waals surface area contributed by atoms with E-state index in [1.54, 1.807) is 13.1 Å². The van der Waals surface area contributed by atoms with Crippen molar-refractivity contribution in [1.29, 1.82) is 0 Å². The number of nitrogens with zero attached hydrogens (tertiary/aromatic N) is 2. The lowest BCUT2D eigenvalue weighted by atomic mass is 10.1. The summed E-state index contributed by atoms with van der Waals surface area (Å²) in [5, 5.41) is 6.65. The second-order valence-corrected chi connectivity index (χ2v) is 8.16. The molecule has 2 aromatic rings. The van der Waals surface area contributed by atoms with Crippen LogP contribution in [0.1, 0.15) is 28.7 Å². The molecule has 3 rings (SSSR count). The summed E-state index contributed by atoms with van der Waals surface area (Å²) in [6.07, 6.45) is 1.02. The molecule has 1 atom stereocenters. The van der Waals surface area contributed by atoms with Crippen molar-refractivity contribution in [2.45, 2.75) is 39.1 Å². The Bertz CT molecular complexity index is 895. The van der Waals surface area contributed by atoms with Crippen molar-refractivity contribution in [3.8, 4) is 5.75 Å². The quantitative estimate of drug-likeness (QED) is 0.499. The van der Waals surface area contributed by atoms with Crippen LogP contribution >= 0.6 is 0 Å². The maximum Gasteiger partial charge on any atom is 0.191 e. The van der Waals surface area contributed by atoms with E-state index in [2.05, 4.69) is 40.7 Å². The largest absolute Gasteiger partial charge is 0.488 e. The molecular weight excluding hydrogens is 395 g/mol. The lowest BCUT2D eigenvalue weighted by molar-refractivity contribution is 0.140. The number of ether oxygens (including phenoxy) is 2. The molecule has 0 aromatic heterocycles. The molecular formula is C24H33FN4O2. The van der Waals surface area contributed by atoms with E-state index < -0.39 is 0 Å². The normalized spacial score (nSPS) is 16.6. The number of hydrogen-bond acceptors (Lipinski definition) is 4. The predicted octanol–water partition coefficient (Wildman–Crippen LogP) is 3.23. The molecule has 168 valence electrons. The molecule has 0 bridgehead atoms. The standard InChI is InChI=1S/C24H33FN4O2/c1-17-5-7-19(23(11-17)31-21-9-10-30-16-21)14-28-24(26-2)27-13-18-6-8-22(25)20(12-18)15-29(3)4/h5-8,11-12,21H,9-10,13-16H2,1-4H3,(H2,26,27,28). The number of benzene rings is 2. The first kappa shape index (κ1) is 23.0. The molecule has 31 heavy (non-hydrogen) atoms. The smallest absolute Gasteiger partial charge is 0.191 e. The highest BCUT2D eigenvalue weighted by atomic mass is 19.1. The fourth-order valence-electron chi connectivity index (χ4n) is 3.49. The Morgan fingerprint density at radius 2 is 1.97 bits per heavy atom. The van der Waals surface area contributed by atoms with Gasteiger partial charge in [-0.2, -0.15) is 0 Å². The third-order valence-corrected chi connectivity index (χ3v) is 5.13. The summed E-state index contributed by atoms with van der Waals surface area (Å²) >= 11 is 0. The van der Waals surface area contributed by atoms with Gasteiger partial charge in [-0.25, -0.2) is 4.39 Å². The van der Waals surface area contributed by atoms with Crippen molar-refractivity contribution in [2.75, 3.05) is 34.4 Å². The van der Waals surface area contributed by atoms with E-state index >= 15 is 0 Å². The van der Waals surface area contributed by atoms with E-state index in [1.165, 1.54) is 6.07 Å². The van der Waals surface area contributed by atoms with Crippen LogP contribution in [0.5, 0.6) is 5.75 Å². The zero-order chi connectivity index (χ0) is 22.2. The first-order valence-electron chi connectivity index (χ1n) is 10.6. The Morgan fingerprint density at radius 1 is 1.16 bits per heavy atom. The fraction of sp³-hybridized carbons (Fsp3) is 0.458. The zero-order valence-electron chi connectivity index (χ0n) is 18.9. The average molecular weight is 429 g/mol. The van der Waals surface area contributed by atoms with Crippen molar-refractivity contribution in [1.82, 2.24) is 15.5 Å². The molecule has 0 saturated carbocycles. The van der Waals surface area contributed by atoms with Crippen LogP contribution in [0.15, 0.2) is 41.4 Å². The second-order valence-electron chi connectivity index (χ2n) is 8.16. The van der Waals surface area contributed by atoms with Crippen LogP contribution < -0.4 is 15.4 Å². The van der Waals surface area contributed by atoms with Crippen molar-refractivity contribution in [2.24, 2.45) is 4.99 Å². The topological polar surface area (TPSA) is 58.1 Å². The minimum atomic E-state index is -0.181. The predicted molar refractivity (Wildman–Crippen MR) is 122 cm³/mol. The van der Waals surface area contributed by atoms with Gasteiger partial charge >= 0.3 is 0 Å². The SMILES string of the molecule is CN=C(NCc1ccc(F)c(CN(C)C)c1)NCc1ccc(C)cc1OC1CCOC1. The number of hydrogen-bond donors (Lipinski definition) is 2. The van der Waals surface area contributed by atoms with E-state index in [1.807, 2.05) is 25.1 Å². The summed E-state index contributed by atoms with van der Waals surface area (Å²) in [5.74, 6) is 1.37. The summed E-state index contributed by atoms with van der Waals surface area (Å²) in [5.41, 5.74) is 3.91. The van der Waals surface area contributed by atoms with Gasteiger partial charge in [-0.15, -0.1) is 0 Å². The summed E-state index contributed by atoms with van der Waals surface area (Å²) in [7, 11) is 5.59. The molecule has 2 aromatic carbocycles. The highest BCUT2D eigenvalue weighted by molar-refractivity contribution is 5.79. The molecule has 1 fully saturated rings. The van der Waals surface area contributed by atoms with Crippen LogP contribution in [-0.2, 0) is 24.4 Å². The van der Waals surface area contributed by atoms with Gasteiger partial charge in [-0.3, -0.25) is 4.99 Å². The minimum Gasteiger partial charge on any atom is -0.488 e. The van der Waals surface area contributed by atoms with Crippen LogP contribution in [0.3, 0.4) is 0 Å². The molecule has 2 N–H and O–H groups in total. The highest BCUT2D eigenvalue weighted by Gasteiger charge is 2.18. The van der Waals surface area contributed by atoms with Gasteiger partial charge in [0, 0.05) is 44.2 Å². The number of rotatable bonds is 8. The molecule has 0 spiro atoms. The Balaban J connectivity index is 1.59. The first-order chi connectivity index (χ1) is 14.9. The number of nitrogens with one attached hydrogen (secondary N) is 2. The maximum absolute atomic E-state index is 14.0. The molecule has 6 nitrogen and oxygen atoms in total. The minimum absolute atomic E-state index is 0.104. The van der Waals surface area contributed by atoms with Gasteiger partial charge in [0.1, 0.15) is 17.7 Å². The van der Waals surface area contributed by atoms with Crippen LogP contribution in [0.4, 0.5) is 4.39 Å². The molecule has 1 aliphatic heterocycles. The lowest BCUT2D eigenvalue weighted by Crippen LogP contribution is -2.36. The Labute approximate surface area is 184 Å². The Hall–Kier alpha value is -2.64. The van der Waals surface area contributed by atoms with E-state index in [0.29, 0.717) is 37.8 Å². The van der Waals surface area contributed by atoms with E-state index in [9.17, 15) is 4.39 Å². The molecule has 1 unspecified atom stereocenters. The van der Waals surface area contributed by atoms with Crippen molar-refractivity contribution in [3.63, 3.8) is 0 Å². The number of guanidine groups is 1. The van der Waals surface area contributed by atoms with Crippen LogP contribution in [-0.4, -0.2) is 51.3 Å². The molecule has 0 amide bonds. The first-order valence-corrected chi connectivity index (χ1v) is 10.6. The molecule has 1 saturated heterocycles. The molecule has 1 aliphatic rings. The molecule has 0 aliphatic carbocycles. The fourth-order valence-corrected chi connectivity index (χ4v) is 3.49. The van der Waals surface area contributed by atoms with Crippen molar-refractivity contribution < 1.29 is 13.9 Å². The molecule has 0 radical (unpaired) electrons. The van der Waals surface area contributed by atoms with Gasteiger partial charge in [0.15, 0.2) is 5.96 Å². The van der Waals surface area contributed by atoms with E-state index in [4.69, 9.17) is 9.47 Å². The number of aliphatic imine (C=N–C) groups is 1. The van der Waals surface area contributed by atoms with Gasteiger partial charge in [0.05, 0.1) is 13.2 Å². The second kappa shape index (κ2) is 11.1. The summed E-state index contributed by atoms with van der Waals surface area (Å²) in [6.45, 7) is 5.14. The van der Waals surface area contributed by atoms with Gasteiger partial charge in [0.25, 0.3) is 0 Å². The van der Waals surface area contributed by atoms with Gasteiger partial charge in [0.2, 0.25) is 0 Å². The van der Waals surface area contributed by atoms with Crippen LogP contribution in [0.2, 0.25) is 0 Å². The number of halogens is 1. The average Bonchev–Trinajstić information content (AvgIpc) is 3.24. The third-order valence-electron chi connectivity index (χ3n) is 5.13. The van der Waals surface area contributed by atoms with Gasteiger partial charge in [-0.1, -0.05) is 18.2 Å². The van der Waals surface area contributed by atoms with Gasteiger partial charge in [-0.05, 0) is 50.3 Å². The number of aryl methyl sites for hydroxylation is 1. The van der Waals surface area contributed by atoms with Gasteiger partial charge < -0.3 is 25.0 Å². The highest BCUT2D eigenvalue weighted by Crippen LogP contribution is 2.23. The Kier molecular flexibility index (Phi) is 8.26. The van der Waals surface area contributed by atoms with Crippen molar-refractivity contribution in [3.05, 3.63) is 64.5 Å². The Morgan fingerprint density at radius 3 is 2.68 bits per heavy atom.